The molecule has 1 N–H and O–H groups in total. The van der Waals surface area contributed by atoms with Crippen molar-refractivity contribution in [2.75, 3.05) is 0 Å². The van der Waals surface area contributed by atoms with Crippen LogP contribution in [-0.2, 0) is 4.70 Å². The molecule has 1 radical (unpaired) electrons. The van der Waals surface area contributed by atoms with Crippen LogP contribution in [0.25, 0.3) is 0 Å². The van der Waals surface area contributed by atoms with Crippen molar-refractivity contribution in [3.8, 4) is 0 Å². The van der Waals surface area contributed by atoms with Crippen molar-refractivity contribution in [1.29, 1.82) is 0 Å². The second-order valence-corrected chi connectivity index (χ2v) is 0. The van der Waals surface area contributed by atoms with Gasteiger partial charge in [0.05, 0.1) is 0 Å². The summed E-state index contributed by atoms with van der Waals surface area (Å²) in [7, 11) is 3.25. The van der Waals surface area contributed by atoms with Crippen molar-refractivity contribution < 1.29 is 61.6 Å². The first-order chi connectivity index (χ1) is 1.00. The SMILES string of the molecule is [B]=O.[K+].[OH-]. The van der Waals surface area contributed by atoms with Crippen LogP contribution in [-0.4, -0.2) is 13.2 Å². The number of hydrogen-bond donors (Lipinski definition) is 0. The van der Waals surface area contributed by atoms with E-state index in [1.165, 1.54) is 0 Å². The Labute approximate surface area is 68.1 Å². The summed E-state index contributed by atoms with van der Waals surface area (Å²) in [6.07, 6.45) is 0. The topological polar surface area (TPSA) is 47.1 Å². The Morgan fingerprint density at radius 2 is 1.25 bits per heavy atom. The normalized spacial score (nSPS) is 0.750. The predicted molar refractivity (Wildman–Crippen MR) is 8.38 cm³/mol. The maximum atomic E-state index is 7.75. The molecule has 2 nitrogen and oxygen atoms in total. The third-order valence-corrected chi connectivity index (χ3v) is 0. The smallest absolute Gasteiger partial charge is 0.870 e. The first kappa shape index (κ1) is 17.9. The van der Waals surface area contributed by atoms with E-state index in [4.69, 9.17) is 4.70 Å². The van der Waals surface area contributed by atoms with Crippen molar-refractivity contribution in [2.45, 2.75) is 0 Å². The van der Waals surface area contributed by atoms with Crippen LogP contribution in [0.4, 0.5) is 0 Å². The molecule has 0 aliphatic carbocycles. The number of rotatable bonds is 0. The molecule has 0 spiro atoms. The molecule has 4 heteroatoms. The van der Waals surface area contributed by atoms with E-state index in [2.05, 4.69) is 7.72 Å². The first-order valence-corrected chi connectivity index (χ1v) is 0.236. The van der Waals surface area contributed by atoms with Crippen molar-refractivity contribution in [3.63, 3.8) is 0 Å². The largest absolute Gasteiger partial charge is 1.00 e. The molecule has 0 atom stereocenters. The van der Waals surface area contributed by atoms with E-state index < -0.39 is 0 Å². The van der Waals surface area contributed by atoms with E-state index in [0.29, 0.717) is 0 Å². The Kier molecular flexibility index (Phi) is 112. The molecule has 0 unspecified atom stereocenters. The van der Waals surface area contributed by atoms with E-state index in [1.54, 1.807) is 0 Å². The first-order valence-electron chi connectivity index (χ1n) is 0.236. The maximum absolute atomic E-state index is 7.75. The summed E-state index contributed by atoms with van der Waals surface area (Å²) in [6, 6.07) is 0. The minimum atomic E-state index is 0. The van der Waals surface area contributed by atoms with Gasteiger partial charge in [0.1, 0.15) is 0 Å². The summed E-state index contributed by atoms with van der Waals surface area (Å²) < 4.78 is 7.75. The van der Waals surface area contributed by atoms with Crippen molar-refractivity contribution in [3.05, 3.63) is 0 Å². The third kappa shape index (κ3) is 9.82. The zero-order valence-corrected chi connectivity index (χ0v) is 5.56. The van der Waals surface area contributed by atoms with Crippen LogP contribution < -0.4 is 51.4 Å². The molecule has 0 saturated heterocycles. The van der Waals surface area contributed by atoms with Crippen LogP contribution in [0.5, 0.6) is 0 Å². The average Bonchev–Trinajstić information content (AvgIpc) is 1.00. The fourth-order valence-corrected chi connectivity index (χ4v) is 0. The van der Waals surface area contributed by atoms with Gasteiger partial charge in [-0.3, -0.25) is 0 Å². The van der Waals surface area contributed by atoms with Gasteiger partial charge >= 0.3 is 63.8 Å². The second kappa shape index (κ2) is 25.0. The molecule has 4 heavy (non-hydrogen) atoms. The molecule has 0 amide bonds. The van der Waals surface area contributed by atoms with E-state index >= 15 is 0 Å². The molecular formula is HBKO2. The molecule has 0 saturated carbocycles. The van der Waals surface area contributed by atoms with Gasteiger partial charge in [-0.25, -0.2) is 0 Å². The summed E-state index contributed by atoms with van der Waals surface area (Å²) in [4.78, 5) is 0. The molecule has 17 valence electrons. The summed E-state index contributed by atoms with van der Waals surface area (Å²) >= 11 is 0. The van der Waals surface area contributed by atoms with E-state index in [0.717, 1.165) is 0 Å². The predicted octanol–water partition coefficient (Wildman–Crippen LogP) is -3.67. The minimum absolute atomic E-state index is 0. The Morgan fingerprint density at radius 1 is 1.25 bits per heavy atom. The zero-order valence-electron chi connectivity index (χ0n) is 2.43. The van der Waals surface area contributed by atoms with Gasteiger partial charge in [-0.15, -0.1) is 0 Å². The van der Waals surface area contributed by atoms with Gasteiger partial charge in [0, 0.05) is 0 Å². The Morgan fingerprint density at radius 3 is 1.25 bits per heavy atom. The molecule has 0 fully saturated rings. The average molecular weight is 82.9 g/mol. The van der Waals surface area contributed by atoms with E-state index in [1.807, 2.05) is 0 Å². The molecular weight excluding hydrogens is 81.9 g/mol. The zero-order chi connectivity index (χ0) is 2.00. The van der Waals surface area contributed by atoms with Crippen LogP contribution in [0.1, 0.15) is 0 Å². The molecule has 0 aliphatic heterocycles. The minimum Gasteiger partial charge on any atom is -0.870 e. The van der Waals surface area contributed by atoms with Gasteiger partial charge < -0.3 is 5.48 Å². The fourth-order valence-electron chi connectivity index (χ4n) is 0. The quantitative estimate of drug-likeness (QED) is 0.283. The van der Waals surface area contributed by atoms with Gasteiger partial charge in [0.25, 0.3) is 0 Å². The van der Waals surface area contributed by atoms with Crippen LogP contribution in [0, 0.1) is 0 Å². The molecule has 0 aromatic rings. The van der Waals surface area contributed by atoms with Crippen LogP contribution >= 0.6 is 0 Å². The van der Waals surface area contributed by atoms with Crippen LogP contribution in [0.2, 0.25) is 0 Å². The molecule has 0 bridgehead atoms. The third-order valence-electron chi connectivity index (χ3n) is 0. The Bertz CT molecular complexity index is 6.00. The Hall–Kier alpha value is 1.46. The molecule has 0 aliphatic rings. The standard InChI is InChI=1S/BO.K.H2O/c1-2;;/h;;1H2/q;+1;/p-1. The van der Waals surface area contributed by atoms with Gasteiger partial charge in [-0.2, -0.15) is 0 Å². The van der Waals surface area contributed by atoms with Gasteiger partial charge in [-0.1, -0.05) is 0 Å². The summed E-state index contributed by atoms with van der Waals surface area (Å²) in [5, 5.41) is 0. The maximum Gasteiger partial charge on any atom is 1.00 e. The van der Waals surface area contributed by atoms with Crippen molar-refractivity contribution in [2.24, 2.45) is 0 Å². The number of hydrogen-bond acceptors (Lipinski definition) is 2. The monoisotopic (exact) mass is 83.0 g/mol. The van der Waals surface area contributed by atoms with Gasteiger partial charge in [-0.05, 0) is 0 Å². The molecule has 0 heterocycles. The van der Waals surface area contributed by atoms with E-state index in [-0.39, 0.29) is 56.9 Å². The summed E-state index contributed by atoms with van der Waals surface area (Å²) in [6.45, 7) is 0. The summed E-state index contributed by atoms with van der Waals surface area (Å²) in [5.41, 5.74) is 0. The van der Waals surface area contributed by atoms with Gasteiger partial charge in [0.15, 0.2) is 0 Å². The fraction of sp³-hybridized carbons (Fsp3) is 0. The molecule has 0 aromatic heterocycles. The second-order valence-electron chi connectivity index (χ2n) is 0. The van der Waals surface area contributed by atoms with E-state index in [9.17, 15) is 0 Å². The Balaban J connectivity index is -0.00000000500. The van der Waals surface area contributed by atoms with Crippen molar-refractivity contribution >= 4 is 7.72 Å². The van der Waals surface area contributed by atoms with Crippen LogP contribution in [0.15, 0.2) is 0 Å². The molecule has 0 aromatic carbocycles. The van der Waals surface area contributed by atoms with Gasteiger partial charge in [0.2, 0.25) is 0 Å². The summed E-state index contributed by atoms with van der Waals surface area (Å²) in [5.74, 6) is 0. The van der Waals surface area contributed by atoms with Crippen molar-refractivity contribution in [1.82, 2.24) is 0 Å². The molecule has 0 rings (SSSR count). The van der Waals surface area contributed by atoms with Crippen LogP contribution in [0.3, 0.4) is 0 Å².